The fraction of sp³-hybridized carbons (Fsp3) is 1.00. The summed E-state index contributed by atoms with van der Waals surface area (Å²) in [6.07, 6.45) is 10.3. The molecule has 0 aromatic heterocycles. The zero-order valence-electron chi connectivity index (χ0n) is 9.97. The predicted octanol–water partition coefficient (Wildman–Crippen LogP) is 2.46. The second-order valence-electron chi connectivity index (χ2n) is 5.77. The SMILES string of the molecule is CC1CCCC(CO)(NC2CCCC2)C1. The lowest BCUT2D eigenvalue weighted by Crippen LogP contribution is -2.54. The molecule has 15 heavy (non-hydrogen) atoms. The second-order valence-corrected chi connectivity index (χ2v) is 5.77. The minimum absolute atomic E-state index is 0.0622. The minimum Gasteiger partial charge on any atom is -0.394 e. The third kappa shape index (κ3) is 2.73. The summed E-state index contributed by atoms with van der Waals surface area (Å²) in [7, 11) is 0. The Morgan fingerprint density at radius 2 is 1.93 bits per heavy atom. The Morgan fingerprint density at radius 1 is 1.20 bits per heavy atom. The highest BCUT2D eigenvalue weighted by atomic mass is 16.3. The van der Waals surface area contributed by atoms with E-state index in [-0.39, 0.29) is 5.54 Å². The summed E-state index contributed by atoms with van der Waals surface area (Å²) < 4.78 is 0. The third-order valence-electron chi connectivity index (χ3n) is 4.26. The number of rotatable bonds is 3. The van der Waals surface area contributed by atoms with E-state index < -0.39 is 0 Å². The van der Waals surface area contributed by atoms with Crippen LogP contribution in [0.3, 0.4) is 0 Å². The van der Waals surface area contributed by atoms with Crippen molar-refractivity contribution in [1.82, 2.24) is 5.32 Å². The van der Waals surface area contributed by atoms with Gasteiger partial charge in [-0.3, -0.25) is 0 Å². The van der Waals surface area contributed by atoms with Gasteiger partial charge in [-0.15, -0.1) is 0 Å². The predicted molar refractivity (Wildman–Crippen MR) is 62.8 cm³/mol. The van der Waals surface area contributed by atoms with Crippen molar-refractivity contribution >= 4 is 0 Å². The Kier molecular flexibility index (Phi) is 3.68. The van der Waals surface area contributed by atoms with Crippen LogP contribution >= 0.6 is 0 Å². The van der Waals surface area contributed by atoms with E-state index in [1.165, 1.54) is 51.4 Å². The molecule has 0 heterocycles. The fourth-order valence-corrected chi connectivity index (χ4v) is 3.48. The smallest absolute Gasteiger partial charge is 0.0613 e. The van der Waals surface area contributed by atoms with E-state index in [9.17, 15) is 5.11 Å². The third-order valence-corrected chi connectivity index (χ3v) is 4.26. The van der Waals surface area contributed by atoms with Gasteiger partial charge in [0.2, 0.25) is 0 Å². The molecule has 0 aromatic rings. The molecule has 2 unspecified atom stereocenters. The van der Waals surface area contributed by atoms with Gasteiger partial charge >= 0.3 is 0 Å². The lowest BCUT2D eigenvalue weighted by Gasteiger charge is -2.41. The van der Waals surface area contributed by atoms with Crippen LogP contribution in [0.2, 0.25) is 0 Å². The molecule has 88 valence electrons. The summed E-state index contributed by atoms with van der Waals surface area (Å²) in [5, 5.41) is 13.4. The number of hydrogen-bond acceptors (Lipinski definition) is 2. The van der Waals surface area contributed by atoms with Gasteiger partial charge in [0.15, 0.2) is 0 Å². The molecule has 2 nitrogen and oxygen atoms in total. The standard InChI is InChI=1S/C13H25NO/c1-11-5-4-8-13(9-11,10-15)14-12-6-2-3-7-12/h11-12,14-15H,2-10H2,1H3. The van der Waals surface area contributed by atoms with E-state index in [4.69, 9.17) is 0 Å². The Labute approximate surface area is 93.5 Å². The molecular weight excluding hydrogens is 186 g/mol. The van der Waals surface area contributed by atoms with Gasteiger partial charge in [-0.1, -0.05) is 32.6 Å². The first kappa shape index (κ1) is 11.4. The number of aliphatic hydroxyl groups excluding tert-OH is 1. The molecule has 0 spiro atoms. The normalized spacial score (nSPS) is 38.4. The van der Waals surface area contributed by atoms with Gasteiger partial charge in [-0.25, -0.2) is 0 Å². The minimum atomic E-state index is 0.0622. The van der Waals surface area contributed by atoms with E-state index in [1.807, 2.05) is 0 Å². The van der Waals surface area contributed by atoms with E-state index in [0.717, 1.165) is 5.92 Å². The van der Waals surface area contributed by atoms with Crippen molar-refractivity contribution in [2.45, 2.75) is 69.9 Å². The van der Waals surface area contributed by atoms with Crippen LogP contribution in [-0.2, 0) is 0 Å². The average molecular weight is 211 g/mol. The van der Waals surface area contributed by atoms with Crippen molar-refractivity contribution in [3.8, 4) is 0 Å². The van der Waals surface area contributed by atoms with Gasteiger partial charge < -0.3 is 10.4 Å². The first-order valence-corrected chi connectivity index (χ1v) is 6.63. The largest absolute Gasteiger partial charge is 0.394 e. The van der Waals surface area contributed by atoms with Crippen LogP contribution in [-0.4, -0.2) is 23.3 Å². The summed E-state index contributed by atoms with van der Waals surface area (Å²) in [6, 6.07) is 0.683. The molecule has 0 aromatic carbocycles. The molecular formula is C13H25NO. The van der Waals surface area contributed by atoms with Gasteiger partial charge in [-0.05, 0) is 31.6 Å². The molecule has 0 radical (unpaired) electrons. The summed E-state index contributed by atoms with van der Waals surface area (Å²) in [4.78, 5) is 0. The quantitative estimate of drug-likeness (QED) is 0.751. The molecule has 0 bridgehead atoms. The van der Waals surface area contributed by atoms with Gasteiger partial charge in [-0.2, -0.15) is 0 Å². The van der Waals surface area contributed by atoms with Crippen LogP contribution in [0, 0.1) is 5.92 Å². The highest BCUT2D eigenvalue weighted by Gasteiger charge is 2.36. The van der Waals surface area contributed by atoms with E-state index in [0.29, 0.717) is 12.6 Å². The summed E-state index contributed by atoms with van der Waals surface area (Å²) >= 11 is 0. The molecule has 2 rings (SSSR count). The molecule has 2 atom stereocenters. The number of aliphatic hydroxyl groups is 1. The Morgan fingerprint density at radius 3 is 2.53 bits per heavy atom. The molecule has 2 saturated carbocycles. The van der Waals surface area contributed by atoms with Gasteiger partial charge in [0.25, 0.3) is 0 Å². The zero-order chi connectivity index (χ0) is 10.7. The summed E-state index contributed by atoms with van der Waals surface area (Å²) in [5.74, 6) is 0.778. The molecule has 0 amide bonds. The van der Waals surface area contributed by atoms with Crippen molar-refractivity contribution < 1.29 is 5.11 Å². The van der Waals surface area contributed by atoms with E-state index >= 15 is 0 Å². The van der Waals surface area contributed by atoms with Gasteiger partial charge in [0, 0.05) is 11.6 Å². The topological polar surface area (TPSA) is 32.3 Å². The van der Waals surface area contributed by atoms with Crippen LogP contribution in [0.1, 0.15) is 58.3 Å². The highest BCUT2D eigenvalue weighted by Crippen LogP contribution is 2.33. The Hall–Kier alpha value is -0.0800. The first-order chi connectivity index (χ1) is 7.24. The van der Waals surface area contributed by atoms with Crippen molar-refractivity contribution in [2.75, 3.05) is 6.61 Å². The van der Waals surface area contributed by atoms with Crippen LogP contribution < -0.4 is 5.32 Å². The van der Waals surface area contributed by atoms with Crippen LogP contribution in [0.25, 0.3) is 0 Å². The van der Waals surface area contributed by atoms with Gasteiger partial charge in [0.1, 0.15) is 0 Å². The van der Waals surface area contributed by atoms with E-state index in [2.05, 4.69) is 12.2 Å². The van der Waals surface area contributed by atoms with Crippen molar-refractivity contribution in [3.05, 3.63) is 0 Å². The fourth-order valence-electron chi connectivity index (χ4n) is 3.48. The zero-order valence-corrected chi connectivity index (χ0v) is 9.97. The lowest BCUT2D eigenvalue weighted by molar-refractivity contribution is 0.0889. The highest BCUT2D eigenvalue weighted by molar-refractivity contribution is 4.95. The second kappa shape index (κ2) is 4.84. The van der Waals surface area contributed by atoms with Crippen molar-refractivity contribution in [3.63, 3.8) is 0 Å². The van der Waals surface area contributed by atoms with Crippen LogP contribution in [0.4, 0.5) is 0 Å². The summed E-state index contributed by atoms with van der Waals surface area (Å²) in [5.41, 5.74) is 0.0622. The van der Waals surface area contributed by atoms with Crippen LogP contribution in [0.15, 0.2) is 0 Å². The maximum Gasteiger partial charge on any atom is 0.0613 e. The summed E-state index contributed by atoms with van der Waals surface area (Å²) in [6.45, 7) is 2.65. The van der Waals surface area contributed by atoms with Crippen LogP contribution in [0.5, 0.6) is 0 Å². The number of nitrogens with one attached hydrogen (secondary N) is 1. The van der Waals surface area contributed by atoms with Crippen molar-refractivity contribution in [1.29, 1.82) is 0 Å². The first-order valence-electron chi connectivity index (χ1n) is 6.63. The molecule has 2 heteroatoms. The van der Waals surface area contributed by atoms with Crippen molar-refractivity contribution in [2.24, 2.45) is 5.92 Å². The molecule has 2 fully saturated rings. The molecule has 2 aliphatic rings. The van der Waals surface area contributed by atoms with Gasteiger partial charge in [0.05, 0.1) is 6.61 Å². The maximum absolute atomic E-state index is 9.66. The van der Waals surface area contributed by atoms with E-state index in [1.54, 1.807) is 0 Å². The maximum atomic E-state index is 9.66. The Bertz CT molecular complexity index is 201. The lowest BCUT2D eigenvalue weighted by atomic mass is 9.76. The monoisotopic (exact) mass is 211 g/mol. The molecule has 2 N–H and O–H groups in total. The molecule has 2 aliphatic carbocycles. The molecule has 0 aliphatic heterocycles. The molecule has 0 saturated heterocycles. The Balaban J connectivity index is 1.93. The number of hydrogen-bond donors (Lipinski definition) is 2. The average Bonchev–Trinajstić information content (AvgIpc) is 2.70.